The number of hydrogen-bond acceptors (Lipinski definition) is 9. The Balaban J connectivity index is 1.26. The predicted octanol–water partition coefficient (Wildman–Crippen LogP) is 6.32. The molecule has 1 aliphatic rings. The maximum absolute atomic E-state index is 14.4. The minimum atomic E-state index is -4.47. The third-order valence-electron chi connectivity index (χ3n) is 9.57. The summed E-state index contributed by atoms with van der Waals surface area (Å²) in [7, 11) is -3.27. The number of carbonyl (C=O) groups excluding carboxylic acids is 3. The standard InChI is InChI=1S/C41H40F2N4O7S2/c1-54-40(51)46-37(36(28-11-4-2-5-12-28)29-13-6-3-7-14-29)39(50)45-24-31-18-19-35(55-31)34(26-48)47(25-27-22-41(42,43)23-27)56(52,53)32-16-10-15-30(21-32)38(49)33-17-8-9-20-44-33/h2-21,27,34,36-37,48H,22-26H2,1H3,(H,45,50)(H,46,51)/t34-,37+/m1/s1. The summed E-state index contributed by atoms with van der Waals surface area (Å²) in [6, 6.07) is 29.7. The fourth-order valence-electron chi connectivity index (χ4n) is 6.80. The molecule has 5 aromatic rings. The lowest BCUT2D eigenvalue weighted by Crippen LogP contribution is -2.50. The molecular weight excluding hydrogens is 763 g/mol. The zero-order valence-electron chi connectivity index (χ0n) is 30.3. The van der Waals surface area contributed by atoms with Crippen LogP contribution in [0.1, 0.15) is 61.7 Å². The molecule has 2 aromatic heterocycles. The van der Waals surface area contributed by atoms with Crippen LogP contribution in [0, 0.1) is 5.92 Å². The molecule has 1 fully saturated rings. The molecule has 2 amide bonds. The number of aliphatic hydroxyl groups excluding tert-OH is 1. The Bertz CT molecular complexity index is 2200. The van der Waals surface area contributed by atoms with E-state index in [0.717, 1.165) is 26.8 Å². The van der Waals surface area contributed by atoms with Crippen molar-refractivity contribution in [1.82, 2.24) is 19.9 Å². The molecule has 56 heavy (non-hydrogen) atoms. The van der Waals surface area contributed by atoms with Gasteiger partial charge in [-0.2, -0.15) is 4.31 Å². The smallest absolute Gasteiger partial charge is 0.407 e. The number of nitrogens with one attached hydrogen (secondary N) is 2. The van der Waals surface area contributed by atoms with Gasteiger partial charge in [-0.25, -0.2) is 22.0 Å². The van der Waals surface area contributed by atoms with Crippen LogP contribution < -0.4 is 10.6 Å². The van der Waals surface area contributed by atoms with E-state index in [1.807, 2.05) is 60.7 Å². The number of aromatic nitrogens is 1. The Kier molecular flexibility index (Phi) is 12.7. The van der Waals surface area contributed by atoms with E-state index in [0.29, 0.717) is 9.75 Å². The van der Waals surface area contributed by atoms with Gasteiger partial charge in [-0.15, -0.1) is 11.3 Å². The van der Waals surface area contributed by atoms with E-state index in [2.05, 4.69) is 15.6 Å². The largest absolute Gasteiger partial charge is 0.453 e. The third kappa shape index (κ3) is 9.36. The van der Waals surface area contributed by atoms with E-state index in [-0.39, 0.29) is 29.2 Å². The summed E-state index contributed by atoms with van der Waals surface area (Å²) >= 11 is 1.13. The summed E-state index contributed by atoms with van der Waals surface area (Å²) < 4.78 is 62.6. The number of ether oxygens (including phenoxy) is 1. The highest BCUT2D eigenvalue weighted by atomic mass is 32.2. The van der Waals surface area contributed by atoms with Gasteiger partial charge in [0.05, 0.1) is 31.2 Å². The fourth-order valence-corrected chi connectivity index (χ4v) is 9.64. The van der Waals surface area contributed by atoms with Crippen LogP contribution in [0.15, 0.2) is 126 Å². The molecule has 1 aliphatic carbocycles. The van der Waals surface area contributed by atoms with Crippen molar-refractivity contribution in [2.45, 2.75) is 48.2 Å². The maximum atomic E-state index is 14.4. The Morgan fingerprint density at radius 3 is 2.18 bits per heavy atom. The minimum absolute atomic E-state index is 0.0173. The van der Waals surface area contributed by atoms with Crippen LogP contribution in [0.4, 0.5) is 13.6 Å². The normalized spacial score (nSPS) is 15.1. The minimum Gasteiger partial charge on any atom is -0.453 e. The van der Waals surface area contributed by atoms with Gasteiger partial charge in [-0.1, -0.05) is 78.9 Å². The molecule has 0 aliphatic heterocycles. The number of amides is 2. The van der Waals surface area contributed by atoms with E-state index < -0.39 is 77.1 Å². The van der Waals surface area contributed by atoms with Crippen molar-refractivity contribution in [3.63, 3.8) is 0 Å². The highest BCUT2D eigenvalue weighted by molar-refractivity contribution is 7.89. The molecule has 3 N–H and O–H groups in total. The van der Waals surface area contributed by atoms with E-state index in [4.69, 9.17) is 4.74 Å². The first-order valence-electron chi connectivity index (χ1n) is 17.8. The number of alkyl carbamates (subject to hydrolysis) is 1. The summed E-state index contributed by atoms with van der Waals surface area (Å²) in [6.45, 7) is -0.995. The van der Waals surface area contributed by atoms with Crippen LogP contribution >= 0.6 is 11.3 Å². The second-order valence-electron chi connectivity index (χ2n) is 13.4. The van der Waals surface area contributed by atoms with Crippen molar-refractivity contribution in [2.75, 3.05) is 20.3 Å². The van der Waals surface area contributed by atoms with Crippen LogP contribution in [0.2, 0.25) is 0 Å². The highest BCUT2D eigenvalue weighted by Crippen LogP contribution is 2.45. The summed E-state index contributed by atoms with van der Waals surface area (Å²) in [5, 5.41) is 16.3. The molecule has 0 bridgehead atoms. The van der Waals surface area contributed by atoms with E-state index in [1.165, 1.54) is 43.6 Å². The first-order chi connectivity index (χ1) is 26.9. The second-order valence-corrected chi connectivity index (χ2v) is 16.5. The van der Waals surface area contributed by atoms with Crippen LogP contribution in [-0.4, -0.2) is 72.8 Å². The van der Waals surface area contributed by atoms with Gasteiger partial charge >= 0.3 is 6.09 Å². The van der Waals surface area contributed by atoms with E-state index in [1.54, 1.807) is 24.3 Å². The average Bonchev–Trinajstić information content (AvgIpc) is 3.68. The van der Waals surface area contributed by atoms with Crippen molar-refractivity contribution in [2.24, 2.45) is 5.92 Å². The summed E-state index contributed by atoms with van der Waals surface area (Å²) in [5.74, 6) is -5.20. The number of alkyl halides is 2. The van der Waals surface area contributed by atoms with Crippen molar-refractivity contribution < 1.29 is 41.4 Å². The number of sulfonamides is 1. The number of thiophene rings is 1. The summed E-state index contributed by atoms with van der Waals surface area (Å²) in [6.07, 6.45) is -0.376. The second kappa shape index (κ2) is 17.6. The molecule has 2 atom stereocenters. The molecule has 0 saturated heterocycles. The summed E-state index contributed by atoms with van der Waals surface area (Å²) in [4.78, 5) is 44.4. The van der Waals surface area contributed by atoms with E-state index >= 15 is 0 Å². The molecule has 15 heteroatoms. The van der Waals surface area contributed by atoms with Crippen molar-refractivity contribution >= 4 is 39.1 Å². The molecule has 0 unspecified atom stereocenters. The van der Waals surface area contributed by atoms with Gasteiger partial charge in [-0.05, 0) is 53.4 Å². The number of pyridine rings is 1. The number of halogens is 2. The monoisotopic (exact) mass is 802 g/mol. The van der Waals surface area contributed by atoms with Gasteiger partial charge in [0.2, 0.25) is 27.6 Å². The molecule has 6 rings (SSSR count). The lowest BCUT2D eigenvalue weighted by molar-refractivity contribution is -0.123. The van der Waals surface area contributed by atoms with Crippen molar-refractivity contribution in [3.05, 3.63) is 154 Å². The zero-order chi connectivity index (χ0) is 39.9. The Morgan fingerprint density at radius 2 is 1.59 bits per heavy atom. The van der Waals surface area contributed by atoms with Crippen molar-refractivity contribution in [3.8, 4) is 0 Å². The van der Waals surface area contributed by atoms with Crippen LogP contribution in [0.25, 0.3) is 0 Å². The molecule has 0 spiro atoms. The first-order valence-corrected chi connectivity index (χ1v) is 20.0. The van der Waals surface area contributed by atoms with E-state index in [9.17, 15) is 36.7 Å². The van der Waals surface area contributed by atoms with Gasteiger partial charge in [0, 0.05) is 46.8 Å². The molecule has 1 saturated carbocycles. The van der Waals surface area contributed by atoms with Gasteiger partial charge in [0.25, 0.3) is 0 Å². The van der Waals surface area contributed by atoms with Crippen LogP contribution in [0.3, 0.4) is 0 Å². The number of rotatable bonds is 16. The lowest BCUT2D eigenvalue weighted by Gasteiger charge is -2.39. The number of carbonyl (C=O) groups is 3. The molecule has 2 heterocycles. The first kappa shape index (κ1) is 40.3. The number of aliphatic hydroxyl groups is 1. The number of hydrogen-bond donors (Lipinski definition) is 3. The third-order valence-corrected chi connectivity index (χ3v) is 12.6. The topological polar surface area (TPSA) is 155 Å². The number of nitrogens with zero attached hydrogens (tertiary/aromatic N) is 2. The molecular formula is C41H40F2N4O7S2. The van der Waals surface area contributed by atoms with Gasteiger partial charge in [0.1, 0.15) is 11.7 Å². The van der Waals surface area contributed by atoms with Crippen LogP contribution in [0.5, 0.6) is 0 Å². The van der Waals surface area contributed by atoms with Gasteiger partial charge in [0.15, 0.2) is 0 Å². The quantitative estimate of drug-likeness (QED) is 0.0981. The molecule has 292 valence electrons. The van der Waals surface area contributed by atoms with Gasteiger partial charge < -0.3 is 20.5 Å². The number of ketones is 1. The SMILES string of the molecule is COC(=O)N[C@H](C(=O)NCc1ccc([C@@H](CO)N(CC2CC(F)(F)C2)S(=O)(=O)c2cccc(C(=O)c3ccccn3)c2)s1)C(c1ccccc1)c1ccccc1. The number of methoxy groups -OCH3 is 1. The Morgan fingerprint density at radius 1 is 0.929 bits per heavy atom. The van der Waals surface area contributed by atoms with Crippen molar-refractivity contribution in [1.29, 1.82) is 0 Å². The lowest BCUT2D eigenvalue weighted by atomic mass is 9.81. The Hall–Kier alpha value is -5.35. The maximum Gasteiger partial charge on any atom is 0.407 e. The Labute approximate surface area is 327 Å². The highest BCUT2D eigenvalue weighted by Gasteiger charge is 2.48. The molecule has 0 radical (unpaired) electrons. The summed E-state index contributed by atoms with van der Waals surface area (Å²) in [5.41, 5.74) is 1.73. The molecule has 11 nitrogen and oxygen atoms in total. The molecule has 3 aromatic carbocycles. The fraction of sp³-hybridized carbons (Fsp3) is 0.268. The number of benzene rings is 3. The van der Waals surface area contributed by atoms with Gasteiger partial charge in [-0.3, -0.25) is 14.6 Å². The average molecular weight is 803 g/mol. The predicted molar refractivity (Wildman–Crippen MR) is 206 cm³/mol. The van der Waals surface area contributed by atoms with Crippen LogP contribution in [-0.2, 0) is 26.1 Å². The zero-order valence-corrected chi connectivity index (χ0v) is 31.9.